The number of piperidine rings is 1. The number of nitrogens with zero attached hydrogens (tertiary/aromatic N) is 4. The summed E-state index contributed by atoms with van der Waals surface area (Å²) in [5.74, 6) is -3.99. The summed E-state index contributed by atoms with van der Waals surface area (Å²) in [5.41, 5.74) is -0.419. The van der Waals surface area contributed by atoms with E-state index in [0.717, 1.165) is 25.1 Å². The minimum Gasteiger partial charge on any atom is -0.347 e. The number of hydrogen-bond acceptors (Lipinski definition) is 3. The molecule has 1 amide bonds. The molecule has 2 N–H and O–H groups in total. The van der Waals surface area contributed by atoms with Gasteiger partial charge in [0, 0.05) is 32.5 Å². The summed E-state index contributed by atoms with van der Waals surface area (Å²) < 4.78 is 42.0. The van der Waals surface area contributed by atoms with E-state index in [2.05, 4.69) is 32.1 Å². The third-order valence-corrected chi connectivity index (χ3v) is 5.05. The highest BCUT2D eigenvalue weighted by Gasteiger charge is 2.29. The van der Waals surface area contributed by atoms with Crippen LogP contribution in [0.3, 0.4) is 0 Å². The van der Waals surface area contributed by atoms with Crippen LogP contribution in [0.4, 0.5) is 18.9 Å². The third-order valence-electron chi connectivity index (χ3n) is 5.05. The molecule has 1 aliphatic rings. The first kappa shape index (κ1) is 24.0. The Kier molecular flexibility index (Phi) is 8.50. The Balaban J connectivity index is 0.00000320. The minimum atomic E-state index is -1.63. The number of hydrogen-bond donors (Lipinski definition) is 2. The van der Waals surface area contributed by atoms with Gasteiger partial charge in [0.15, 0.2) is 23.4 Å². The van der Waals surface area contributed by atoms with E-state index in [1.807, 2.05) is 11.1 Å². The number of nitrogens with one attached hydrogen (secondary N) is 2. The van der Waals surface area contributed by atoms with E-state index in [-0.39, 0.29) is 36.6 Å². The van der Waals surface area contributed by atoms with E-state index >= 15 is 0 Å². The van der Waals surface area contributed by atoms with Crippen molar-refractivity contribution in [2.75, 3.05) is 32.0 Å². The first-order valence-corrected chi connectivity index (χ1v) is 9.27. The molecule has 0 spiro atoms. The predicted octanol–water partition coefficient (Wildman–Crippen LogP) is 3.02. The van der Waals surface area contributed by atoms with E-state index in [1.54, 1.807) is 19.6 Å². The van der Waals surface area contributed by atoms with Gasteiger partial charge in [-0.15, -0.1) is 24.0 Å². The maximum atomic E-state index is 13.7. The Morgan fingerprint density at radius 3 is 2.73 bits per heavy atom. The molecule has 1 fully saturated rings. The minimum absolute atomic E-state index is 0. The molecule has 3 rings (SSSR count). The lowest BCUT2D eigenvalue weighted by Gasteiger charge is -2.39. The van der Waals surface area contributed by atoms with Crippen molar-refractivity contribution in [3.8, 4) is 0 Å². The van der Waals surface area contributed by atoms with Crippen molar-refractivity contribution in [1.82, 2.24) is 19.8 Å². The lowest BCUT2D eigenvalue weighted by molar-refractivity contribution is -0.115. The number of halogens is 4. The maximum absolute atomic E-state index is 13.7. The average molecular weight is 536 g/mol. The molecule has 1 saturated heterocycles. The van der Waals surface area contributed by atoms with E-state index in [0.29, 0.717) is 18.4 Å². The monoisotopic (exact) mass is 536 g/mol. The second kappa shape index (κ2) is 10.6. The van der Waals surface area contributed by atoms with Crippen LogP contribution in [0.25, 0.3) is 0 Å². The number of benzene rings is 1. The second-order valence-electron chi connectivity index (χ2n) is 6.96. The van der Waals surface area contributed by atoms with Crippen molar-refractivity contribution < 1.29 is 18.0 Å². The molecule has 2 atom stereocenters. The summed E-state index contributed by atoms with van der Waals surface area (Å²) in [6.07, 6.45) is 6.38. The van der Waals surface area contributed by atoms with Crippen LogP contribution in [-0.2, 0) is 4.79 Å². The summed E-state index contributed by atoms with van der Waals surface area (Å²) >= 11 is 0. The van der Waals surface area contributed by atoms with Crippen LogP contribution >= 0.6 is 24.0 Å². The van der Waals surface area contributed by atoms with Gasteiger partial charge < -0.3 is 20.1 Å². The molecule has 0 saturated carbocycles. The summed E-state index contributed by atoms with van der Waals surface area (Å²) in [5, 5.41) is 5.16. The van der Waals surface area contributed by atoms with Crippen LogP contribution in [0.5, 0.6) is 0 Å². The van der Waals surface area contributed by atoms with E-state index in [4.69, 9.17) is 0 Å². The topological polar surface area (TPSA) is 74.6 Å². The van der Waals surface area contributed by atoms with Gasteiger partial charge in [-0.3, -0.25) is 9.79 Å². The van der Waals surface area contributed by atoms with Crippen molar-refractivity contribution in [1.29, 1.82) is 0 Å². The van der Waals surface area contributed by atoms with Crippen LogP contribution in [0.1, 0.15) is 19.4 Å². The van der Waals surface area contributed by atoms with Gasteiger partial charge in [0.05, 0.1) is 24.6 Å². The normalized spacial score (nSPS) is 19.2. The van der Waals surface area contributed by atoms with Crippen molar-refractivity contribution in [3.05, 3.63) is 48.3 Å². The third kappa shape index (κ3) is 5.43. The van der Waals surface area contributed by atoms with Gasteiger partial charge in [-0.25, -0.2) is 18.2 Å². The Hall–Kier alpha value is -2.31. The molecule has 2 aromatic rings. The largest absolute Gasteiger partial charge is 0.347 e. The summed E-state index contributed by atoms with van der Waals surface area (Å²) in [7, 11) is 1.61. The smallest absolute Gasteiger partial charge is 0.243 e. The molecule has 30 heavy (non-hydrogen) atoms. The molecule has 0 aliphatic carbocycles. The van der Waals surface area contributed by atoms with Crippen molar-refractivity contribution >= 4 is 41.5 Å². The molecule has 0 bridgehead atoms. The number of likely N-dealkylation sites (tertiary alicyclic amines) is 1. The summed E-state index contributed by atoms with van der Waals surface area (Å²) in [6.45, 7) is 3.44. The Morgan fingerprint density at radius 2 is 2.07 bits per heavy atom. The highest BCUT2D eigenvalue weighted by molar-refractivity contribution is 14.0. The number of aromatic nitrogens is 2. The van der Waals surface area contributed by atoms with Crippen LogP contribution in [0, 0.1) is 23.4 Å². The van der Waals surface area contributed by atoms with Crippen LogP contribution < -0.4 is 10.6 Å². The number of amides is 1. The van der Waals surface area contributed by atoms with Crippen LogP contribution in [0.15, 0.2) is 35.8 Å². The fourth-order valence-electron chi connectivity index (χ4n) is 3.40. The molecule has 2 unspecified atom stereocenters. The fourth-order valence-corrected chi connectivity index (χ4v) is 3.40. The number of carbonyl (C=O) groups excluding carboxylic acids is 1. The van der Waals surface area contributed by atoms with Gasteiger partial charge in [-0.1, -0.05) is 6.92 Å². The SMILES string of the molecule is CN=C(NCC(=O)Nc1ccc(F)c(F)c1F)N1CCC(C)C(n2ccnc2)C1.I. The van der Waals surface area contributed by atoms with E-state index < -0.39 is 29.0 Å². The molecular weight excluding hydrogens is 512 g/mol. The first-order valence-electron chi connectivity index (χ1n) is 9.27. The maximum Gasteiger partial charge on any atom is 0.243 e. The molecule has 164 valence electrons. The lowest BCUT2D eigenvalue weighted by atomic mass is 9.93. The summed E-state index contributed by atoms with van der Waals surface area (Å²) in [6, 6.07) is 1.95. The number of anilines is 1. The molecule has 7 nitrogen and oxygen atoms in total. The van der Waals surface area contributed by atoms with Crippen molar-refractivity contribution in [3.63, 3.8) is 0 Å². The molecule has 1 aromatic carbocycles. The van der Waals surface area contributed by atoms with Gasteiger partial charge in [0.2, 0.25) is 5.91 Å². The average Bonchev–Trinajstić information content (AvgIpc) is 3.24. The summed E-state index contributed by atoms with van der Waals surface area (Å²) in [4.78, 5) is 22.5. The van der Waals surface area contributed by atoms with E-state index in [9.17, 15) is 18.0 Å². The van der Waals surface area contributed by atoms with Crippen molar-refractivity contribution in [2.24, 2.45) is 10.9 Å². The standard InChI is InChI=1S/C19H23F3N6O.HI/c1-12-5-7-27(10-15(12)28-8-6-24-11-28)19(23-2)25-9-16(29)26-14-4-3-13(20)17(21)18(14)22;/h3-4,6,8,11-12,15H,5,7,9-10H2,1-2H3,(H,23,25)(H,26,29);1H. The lowest BCUT2D eigenvalue weighted by Crippen LogP contribution is -2.50. The zero-order valence-electron chi connectivity index (χ0n) is 16.6. The Labute approximate surface area is 189 Å². The number of rotatable bonds is 4. The highest BCUT2D eigenvalue weighted by atomic mass is 127. The van der Waals surface area contributed by atoms with Crippen LogP contribution in [0.2, 0.25) is 0 Å². The molecule has 1 aliphatic heterocycles. The predicted molar refractivity (Wildman–Crippen MR) is 118 cm³/mol. The fraction of sp³-hybridized carbons (Fsp3) is 0.421. The van der Waals surface area contributed by atoms with Crippen molar-refractivity contribution in [2.45, 2.75) is 19.4 Å². The number of imidazole rings is 1. The molecular formula is C19H24F3IN6O. The molecule has 1 aromatic heterocycles. The molecule has 11 heteroatoms. The number of guanidine groups is 1. The highest BCUT2D eigenvalue weighted by Crippen LogP contribution is 2.27. The van der Waals surface area contributed by atoms with Gasteiger partial charge >= 0.3 is 0 Å². The van der Waals surface area contributed by atoms with E-state index in [1.165, 1.54) is 0 Å². The van der Waals surface area contributed by atoms with Gasteiger partial charge in [-0.05, 0) is 24.5 Å². The zero-order chi connectivity index (χ0) is 21.0. The molecule has 2 heterocycles. The Bertz CT molecular complexity index is 893. The quantitative estimate of drug-likeness (QED) is 0.273. The van der Waals surface area contributed by atoms with Gasteiger partial charge in [0.25, 0.3) is 0 Å². The number of carbonyl (C=O) groups is 1. The van der Waals surface area contributed by atoms with Gasteiger partial charge in [0.1, 0.15) is 0 Å². The number of aliphatic imine (C=N–C) groups is 1. The molecule has 0 radical (unpaired) electrons. The zero-order valence-corrected chi connectivity index (χ0v) is 18.9. The Morgan fingerprint density at radius 1 is 1.30 bits per heavy atom. The second-order valence-corrected chi connectivity index (χ2v) is 6.96. The van der Waals surface area contributed by atoms with Gasteiger partial charge in [-0.2, -0.15) is 0 Å². The first-order chi connectivity index (χ1) is 13.9. The van der Waals surface area contributed by atoms with Crippen LogP contribution in [-0.4, -0.2) is 53.0 Å².